The molecule has 1 aromatic carbocycles. The molecule has 0 aliphatic rings. The minimum Gasteiger partial charge on any atom is -0.295 e. The smallest absolute Gasteiger partial charge is 0.295 e. The summed E-state index contributed by atoms with van der Waals surface area (Å²) < 4.78 is 3.22. The SMILES string of the molecule is Cc1nccc(-n2c(=O)n(C)c3ccccc32)n1. The zero-order chi connectivity index (χ0) is 12.7. The van der Waals surface area contributed by atoms with Gasteiger partial charge in [0.05, 0.1) is 11.0 Å². The molecule has 5 nitrogen and oxygen atoms in total. The van der Waals surface area contributed by atoms with Crippen LogP contribution in [0.15, 0.2) is 41.3 Å². The quantitative estimate of drug-likeness (QED) is 0.646. The zero-order valence-corrected chi connectivity index (χ0v) is 10.2. The lowest BCUT2D eigenvalue weighted by Crippen LogP contribution is -2.21. The highest BCUT2D eigenvalue weighted by molar-refractivity contribution is 5.77. The van der Waals surface area contributed by atoms with Crippen molar-refractivity contribution >= 4 is 11.0 Å². The van der Waals surface area contributed by atoms with Crippen LogP contribution in [0.3, 0.4) is 0 Å². The zero-order valence-electron chi connectivity index (χ0n) is 10.2. The first-order chi connectivity index (χ1) is 8.68. The number of hydrogen-bond donors (Lipinski definition) is 0. The monoisotopic (exact) mass is 240 g/mol. The number of para-hydroxylation sites is 2. The Morgan fingerprint density at radius 2 is 1.83 bits per heavy atom. The summed E-state index contributed by atoms with van der Waals surface area (Å²) in [5, 5.41) is 0. The molecule has 0 unspecified atom stereocenters. The van der Waals surface area contributed by atoms with Crippen LogP contribution in [0, 0.1) is 6.92 Å². The highest BCUT2D eigenvalue weighted by atomic mass is 16.1. The first kappa shape index (κ1) is 10.7. The predicted molar refractivity (Wildman–Crippen MR) is 68.8 cm³/mol. The summed E-state index contributed by atoms with van der Waals surface area (Å²) in [6, 6.07) is 9.39. The molecule has 5 heteroatoms. The van der Waals surface area contributed by atoms with Gasteiger partial charge in [-0.15, -0.1) is 0 Å². The lowest BCUT2D eigenvalue weighted by atomic mass is 10.3. The molecule has 0 saturated heterocycles. The van der Waals surface area contributed by atoms with Crippen molar-refractivity contribution in [3.8, 4) is 5.82 Å². The summed E-state index contributed by atoms with van der Waals surface area (Å²) >= 11 is 0. The molecular weight excluding hydrogens is 228 g/mol. The van der Waals surface area contributed by atoms with Gasteiger partial charge >= 0.3 is 5.69 Å². The van der Waals surface area contributed by atoms with Gasteiger partial charge in [-0.25, -0.2) is 19.3 Å². The Morgan fingerprint density at radius 1 is 1.11 bits per heavy atom. The number of rotatable bonds is 1. The highest BCUT2D eigenvalue weighted by Gasteiger charge is 2.12. The molecule has 0 spiro atoms. The first-order valence-electron chi connectivity index (χ1n) is 5.65. The van der Waals surface area contributed by atoms with Crippen molar-refractivity contribution in [1.29, 1.82) is 0 Å². The van der Waals surface area contributed by atoms with Crippen LogP contribution in [0.25, 0.3) is 16.9 Å². The molecule has 0 fully saturated rings. The van der Waals surface area contributed by atoms with Crippen molar-refractivity contribution < 1.29 is 0 Å². The molecule has 0 amide bonds. The largest absolute Gasteiger partial charge is 0.334 e. The first-order valence-corrected chi connectivity index (χ1v) is 5.65. The van der Waals surface area contributed by atoms with Crippen molar-refractivity contribution in [2.24, 2.45) is 7.05 Å². The molecule has 0 N–H and O–H groups in total. The average Bonchev–Trinajstić information content (AvgIpc) is 2.63. The van der Waals surface area contributed by atoms with Crippen LogP contribution in [0.5, 0.6) is 0 Å². The number of fused-ring (bicyclic) bond motifs is 1. The van der Waals surface area contributed by atoms with E-state index in [0.29, 0.717) is 11.6 Å². The van der Waals surface area contributed by atoms with Gasteiger partial charge in [-0.1, -0.05) is 12.1 Å². The minimum atomic E-state index is -0.102. The molecule has 2 heterocycles. The maximum atomic E-state index is 12.3. The molecule has 2 aromatic heterocycles. The Kier molecular flexibility index (Phi) is 2.26. The van der Waals surface area contributed by atoms with Crippen molar-refractivity contribution in [2.75, 3.05) is 0 Å². The van der Waals surface area contributed by atoms with Gasteiger partial charge < -0.3 is 0 Å². The maximum Gasteiger partial charge on any atom is 0.334 e. The fraction of sp³-hybridized carbons (Fsp3) is 0.154. The van der Waals surface area contributed by atoms with E-state index in [1.54, 1.807) is 35.4 Å². The lowest BCUT2D eigenvalue weighted by molar-refractivity contribution is 0.826. The minimum absolute atomic E-state index is 0.102. The van der Waals surface area contributed by atoms with Crippen LogP contribution >= 0.6 is 0 Å². The summed E-state index contributed by atoms with van der Waals surface area (Å²) in [6.07, 6.45) is 1.66. The number of benzene rings is 1. The summed E-state index contributed by atoms with van der Waals surface area (Å²) in [5.74, 6) is 1.25. The van der Waals surface area contributed by atoms with Gasteiger partial charge in [-0.3, -0.25) is 4.57 Å². The van der Waals surface area contributed by atoms with Crippen LogP contribution in [0.2, 0.25) is 0 Å². The third-order valence-electron chi connectivity index (χ3n) is 2.95. The van der Waals surface area contributed by atoms with Crippen LogP contribution in [0.1, 0.15) is 5.82 Å². The van der Waals surface area contributed by atoms with Crippen molar-refractivity contribution in [3.63, 3.8) is 0 Å². The number of hydrogen-bond acceptors (Lipinski definition) is 3. The van der Waals surface area contributed by atoms with Gasteiger partial charge in [-0.05, 0) is 25.1 Å². The molecule has 3 rings (SSSR count). The molecule has 0 radical (unpaired) electrons. The van der Waals surface area contributed by atoms with Gasteiger partial charge in [0, 0.05) is 13.2 Å². The van der Waals surface area contributed by atoms with E-state index in [-0.39, 0.29) is 5.69 Å². The normalized spacial score (nSPS) is 11.0. The third-order valence-corrected chi connectivity index (χ3v) is 2.95. The molecule has 0 aliphatic heterocycles. The van der Waals surface area contributed by atoms with Gasteiger partial charge in [0.15, 0.2) is 0 Å². The number of imidazole rings is 1. The van der Waals surface area contributed by atoms with Crippen LogP contribution in [0.4, 0.5) is 0 Å². The van der Waals surface area contributed by atoms with E-state index in [2.05, 4.69) is 9.97 Å². The van der Waals surface area contributed by atoms with E-state index < -0.39 is 0 Å². The Hall–Kier alpha value is -2.43. The Bertz CT molecular complexity index is 785. The second-order valence-electron chi connectivity index (χ2n) is 4.13. The Morgan fingerprint density at radius 3 is 2.56 bits per heavy atom. The van der Waals surface area contributed by atoms with Crippen molar-refractivity contribution in [1.82, 2.24) is 19.1 Å². The second kappa shape index (κ2) is 3.80. The molecule has 90 valence electrons. The standard InChI is InChI=1S/C13H12N4O/c1-9-14-8-7-12(15-9)17-11-6-4-3-5-10(11)16(2)13(17)18/h3-8H,1-2H3. The fourth-order valence-electron chi connectivity index (χ4n) is 2.08. The number of aryl methyl sites for hydroxylation is 2. The fourth-order valence-corrected chi connectivity index (χ4v) is 2.08. The number of aromatic nitrogens is 4. The molecule has 18 heavy (non-hydrogen) atoms. The summed E-state index contributed by atoms with van der Waals surface area (Å²) in [7, 11) is 1.76. The van der Waals surface area contributed by atoms with Crippen molar-refractivity contribution in [3.05, 3.63) is 52.8 Å². The summed E-state index contributed by atoms with van der Waals surface area (Å²) in [6.45, 7) is 1.81. The van der Waals surface area contributed by atoms with E-state index in [4.69, 9.17) is 0 Å². The van der Waals surface area contributed by atoms with E-state index in [1.807, 2.05) is 24.3 Å². The third kappa shape index (κ3) is 1.44. The van der Waals surface area contributed by atoms with Gasteiger partial charge in [-0.2, -0.15) is 0 Å². The molecule has 0 atom stereocenters. The van der Waals surface area contributed by atoms with Crippen LogP contribution < -0.4 is 5.69 Å². The lowest BCUT2D eigenvalue weighted by Gasteiger charge is -2.02. The van der Waals surface area contributed by atoms with E-state index in [0.717, 1.165) is 11.0 Å². The highest BCUT2D eigenvalue weighted by Crippen LogP contribution is 2.14. The average molecular weight is 240 g/mol. The number of nitrogens with zero attached hydrogens (tertiary/aromatic N) is 4. The summed E-state index contributed by atoms with van der Waals surface area (Å²) in [4.78, 5) is 20.6. The van der Waals surface area contributed by atoms with Crippen LogP contribution in [-0.2, 0) is 7.05 Å². The molecule has 0 saturated carbocycles. The predicted octanol–water partition coefficient (Wildman–Crippen LogP) is 1.43. The van der Waals surface area contributed by atoms with Gasteiger partial charge in [0.25, 0.3) is 0 Å². The van der Waals surface area contributed by atoms with Crippen molar-refractivity contribution in [2.45, 2.75) is 6.92 Å². The molecule has 0 aliphatic carbocycles. The Labute approximate surface area is 103 Å². The molecule has 3 aromatic rings. The Balaban J connectivity index is 2.43. The van der Waals surface area contributed by atoms with E-state index in [9.17, 15) is 4.79 Å². The molecular formula is C13H12N4O. The van der Waals surface area contributed by atoms with E-state index in [1.165, 1.54) is 0 Å². The van der Waals surface area contributed by atoms with Gasteiger partial charge in [0.1, 0.15) is 11.6 Å². The van der Waals surface area contributed by atoms with Gasteiger partial charge in [0.2, 0.25) is 0 Å². The second-order valence-corrected chi connectivity index (χ2v) is 4.13. The maximum absolute atomic E-state index is 12.3. The topological polar surface area (TPSA) is 52.7 Å². The summed E-state index contributed by atoms with van der Waals surface area (Å²) in [5.41, 5.74) is 1.64. The van der Waals surface area contributed by atoms with Crippen LogP contribution in [-0.4, -0.2) is 19.1 Å². The molecule has 0 bridgehead atoms. The van der Waals surface area contributed by atoms with E-state index >= 15 is 0 Å².